The number of para-hydroxylation sites is 3. The fraction of sp³-hybridized carbons (Fsp3) is 0.143. The Bertz CT molecular complexity index is 1080. The van der Waals surface area contributed by atoms with E-state index in [0.717, 1.165) is 24.6 Å². The van der Waals surface area contributed by atoms with E-state index < -0.39 is 6.16 Å². The van der Waals surface area contributed by atoms with Crippen molar-refractivity contribution in [1.29, 1.82) is 1.34 Å². The van der Waals surface area contributed by atoms with Crippen molar-refractivity contribution >= 4 is 55.5 Å². The molecule has 3 aromatic carbocycles. The Balaban J connectivity index is 0. The average Bonchev–Trinajstić information content (AvgIpc) is 3.50. The second kappa shape index (κ2) is 26.3. The maximum atomic E-state index is 10.1. The predicted octanol–water partition coefficient (Wildman–Crippen LogP) is 2.50. The van der Waals surface area contributed by atoms with Crippen LogP contribution in [0.1, 0.15) is 21.5 Å². The molecular weight excluding hydrogens is 508 g/mol. The molecule has 1 aliphatic heterocycles. The quantitative estimate of drug-likeness (QED) is 0.246. The third kappa shape index (κ3) is 17.3. The van der Waals surface area contributed by atoms with Gasteiger partial charge in [-0.15, -0.1) is 0 Å². The molecule has 12 heteroatoms. The summed E-state index contributed by atoms with van der Waals surface area (Å²) in [5.41, 5.74) is 2.06. The second-order valence-corrected chi connectivity index (χ2v) is 6.70. The van der Waals surface area contributed by atoms with Crippen LogP contribution < -0.4 is 4.74 Å². The maximum Gasteiger partial charge on any atom is 0.508 e. The predicted molar refractivity (Wildman–Crippen MR) is 167 cm³/mol. The number of benzene rings is 3. The van der Waals surface area contributed by atoms with Crippen LogP contribution in [0, 0.1) is 0 Å². The minimum Gasteiger partial charge on any atom is -0.507 e. The Morgan fingerprint density at radius 3 is 1.65 bits per heavy atom. The molecule has 0 amide bonds. The van der Waals surface area contributed by atoms with Gasteiger partial charge in [-0.25, -0.2) is 4.79 Å². The summed E-state index contributed by atoms with van der Waals surface area (Å²) in [5, 5.41) is 26.5. The van der Waals surface area contributed by atoms with E-state index in [9.17, 15) is 9.59 Å². The van der Waals surface area contributed by atoms with E-state index in [1.54, 1.807) is 42.5 Å². The van der Waals surface area contributed by atoms with Crippen LogP contribution in [0.4, 0.5) is 4.79 Å². The summed E-state index contributed by atoms with van der Waals surface area (Å²) >= 11 is 0. The first-order chi connectivity index (χ1) is 19.9. The summed E-state index contributed by atoms with van der Waals surface area (Å²) in [6.07, 6.45) is 3.42. The van der Waals surface area contributed by atoms with Crippen LogP contribution >= 0.6 is 0 Å². The van der Waals surface area contributed by atoms with Crippen molar-refractivity contribution in [3.05, 3.63) is 103 Å². The van der Waals surface area contributed by atoms with Gasteiger partial charge in [-0.3, -0.25) is 4.79 Å². The fourth-order valence-corrected chi connectivity index (χ4v) is 2.48. The van der Waals surface area contributed by atoms with Crippen LogP contribution in [-0.2, 0) is 9.47 Å². The van der Waals surface area contributed by atoms with Gasteiger partial charge in [0.05, 0.1) is 12.2 Å². The van der Waals surface area contributed by atoms with E-state index in [1.807, 2.05) is 36.4 Å². The number of carbonyl (C=O) groups is 2. The number of aldehydes is 1. The number of aromatic hydroxyl groups is 2. The van der Waals surface area contributed by atoms with Crippen molar-refractivity contribution in [2.24, 2.45) is 0 Å². The van der Waals surface area contributed by atoms with E-state index >= 15 is 0 Å². The Labute approximate surface area is 242 Å². The van der Waals surface area contributed by atoms with Gasteiger partial charge in [-0.1, -0.05) is 81.6 Å². The van der Waals surface area contributed by atoms with Gasteiger partial charge in [0.1, 0.15) is 37.1 Å². The van der Waals surface area contributed by atoms with Crippen LogP contribution in [0.3, 0.4) is 0 Å². The Hall–Kier alpha value is -4.30. The zero-order chi connectivity index (χ0) is 31.3. The highest BCUT2D eigenvalue weighted by atomic mass is 16.8. The molecule has 1 saturated heterocycles. The summed E-state index contributed by atoms with van der Waals surface area (Å²) in [6.45, 7) is 8.38. The fourth-order valence-electron chi connectivity index (χ4n) is 2.48. The number of rotatable bonds is 6. The first-order valence-corrected chi connectivity index (χ1v) is 11.2. The Morgan fingerprint density at radius 1 is 0.900 bits per heavy atom. The average molecular weight is 544 g/mol. The molecule has 0 saturated carbocycles. The Morgan fingerprint density at radius 2 is 1.32 bits per heavy atom. The van der Waals surface area contributed by atoms with E-state index in [0.29, 0.717) is 31.7 Å². The smallest absolute Gasteiger partial charge is 0.507 e. The van der Waals surface area contributed by atoms with Crippen LogP contribution in [0.25, 0.3) is 12.2 Å². The molecule has 207 valence electrons. The molecule has 0 unspecified atom stereocenters. The van der Waals surface area contributed by atoms with E-state index in [2.05, 4.69) is 30.4 Å². The molecule has 0 atom stereocenters. The number of hydrogen-bond donors (Lipinski definition) is 3. The standard InChI is InChI=1S/C10H12O2.C8H8O.C7H6O2.C3H4O3.B2H3.B2H/c1-2-9-5-3-4-6-10(9)12-8-7-11;1-2-7-5-3-4-6-8(7)9;8-5-6-3-1-2-4-7(6)9;4-3-5-1-2-6-3;2*1-2/h2-6,11H,1,7-8H2;2-6,9H,1H2;1-5,9H;1-2H2;1H3;1H/q;;;;-1;/i;;;;;1T. The number of phenolic OH excluding ortho intramolecular Hbond substituents is 2. The highest BCUT2D eigenvalue weighted by molar-refractivity contribution is 6.76. The van der Waals surface area contributed by atoms with Gasteiger partial charge in [0.25, 0.3) is 0 Å². The van der Waals surface area contributed by atoms with Crippen molar-refractivity contribution in [3.8, 4) is 17.2 Å². The normalized spacial score (nSPS) is 10.2. The molecule has 3 aromatic rings. The van der Waals surface area contributed by atoms with Gasteiger partial charge in [-0.05, 0) is 25.6 Å². The maximum absolute atomic E-state index is 10.1. The lowest BCUT2D eigenvalue weighted by molar-refractivity contribution is 0.112. The third-order valence-electron chi connectivity index (χ3n) is 4.23. The molecule has 40 heavy (non-hydrogen) atoms. The molecule has 5 radical (unpaired) electrons. The lowest BCUT2D eigenvalue weighted by Crippen LogP contribution is -2.02. The van der Waals surface area contributed by atoms with E-state index in [1.165, 1.54) is 6.07 Å². The Kier molecular flexibility index (Phi) is 23.5. The molecule has 0 aliphatic carbocycles. The number of ether oxygens (including phenoxy) is 3. The highest BCUT2D eigenvalue weighted by Crippen LogP contribution is 2.18. The van der Waals surface area contributed by atoms with Crippen LogP contribution in [0.15, 0.2) is 86.0 Å². The van der Waals surface area contributed by atoms with E-state index in [4.69, 9.17) is 29.1 Å². The minimum absolute atomic E-state index is 0.0332. The largest absolute Gasteiger partial charge is 0.508 e. The second-order valence-electron chi connectivity index (χ2n) is 6.70. The molecule has 3 N–H and O–H groups in total. The van der Waals surface area contributed by atoms with Gasteiger partial charge < -0.3 is 29.5 Å². The summed E-state index contributed by atoms with van der Waals surface area (Å²) < 4.78 is 19.7. The molecular formula is C28H34B4O8-. The highest BCUT2D eigenvalue weighted by Gasteiger charge is 2.09. The van der Waals surface area contributed by atoms with Crippen molar-refractivity contribution < 1.29 is 39.1 Å². The number of hydrogen-bond acceptors (Lipinski definition) is 8. The molecule has 1 fully saturated rings. The number of cyclic esters (lactones) is 2. The lowest BCUT2D eigenvalue weighted by atomic mass is 9.81. The van der Waals surface area contributed by atoms with E-state index in [-0.39, 0.29) is 25.8 Å². The summed E-state index contributed by atoms with van der Waals surface area (Å²) in [5.74, 6) is 1.08. The number of phenols is 2. The van der Waals surface area contributed by atoms with Crippen LogP contribution in [-0.4, -0.2) is 86.4 Å². The van der Waals surface area contributed by atoms with Crippen LogP contribution in [0.2, 0.25) is 0 Å². The molecule has 1 aliphatic rings. The molecule has 0 spiro atoms. The SMILES string of the molecule is C=Cc1ccccc1O.C=Cc1ccccc1OCCO.O=C1OCCO1.O=Cc1ccccc1O.[3H][B][B].[B][BH3-]. The molecule has 4 rings (SSSR count). The first-order valence-electron chi connectivity index (χ1n) is 11.8. The molecule has 0 aromatic heterocycles. The van der Waals surface area contributed by atoms with Gasteiger partial charge in [-0.2, -0.15) is 7.74 Å². The van der Waals surface area contributed by atoms with Crippen LogP contribution in [0.5, 0.6) is 17.2 Å². The van der Waals surface area contributed by atoms with Crippen molar-refractivity contribution in [2.45, 2.75) is 0 Å². The van der Waals surface area contributed by atoms with Gasteiger partial charge in [0, 0.05) is 26.6 Å². The zero-order valence-corrected chi connectivity index (χ0v) is 21.5. The van der Waals surface area contributed by atoms with Crippen molar-refractivity contribution in [2.75, 3.05) is 26.4 Å². The third-order valence-corrected chi connectivity index (χ3v) is 4.23. The lowest BCUT2D eigenvalue weighted by Gasteiger charge is -2.06. The molecule has 0 bridgehead atoms. The van der Waals surface area contributed by atoms with Gasteiger partial charge in [0.15, 0.2) is 6.29 Å². The number of aliphatic hydroxyl groups excluding tert-OH is 1. The summed E-state index contributed by atoms with van der Waals surface area (Å²) in [6, 6.07) is 21.1. The minimum atomic E-state index is -0.546. The summed E-state index contributed by atoms with van der Waals surface area (Å²) in [7, 11) is 10.1. The molecule has 1 heterocycles. The van der Waals surface area contributed by atoms with Gasteiger partial charge in [0.2, 0.25) is 0 Å². The summed E-state index contributed by atoms with van der Waals surface area (Å²) in [4.78, 5) is 19.9. The number of aliphatic hydroxyl groups is 1. The van der Waals surface area contributed by atoms with Crippen molar-refractivity contribution in [3.63, 3.8) is 0 Å². The first kappa shape index (κ1) is 35.7. The monoisotopic (exact) mass is 544 g/mol. The van der Waals surface area contributed by atoms with Crippen molar-refractivity contribution in [1.82, 2.24) is 0 Å². The zero-order valence-electron chi connectivity index (χ0n) is 22.5. The topological polar surface area (TPSA) is 123 Å². The molecule has 8 nitrogen and oxygen atoms in total. The van der Waals surface area contributed by atoms with Gasteiger partial charge >= 0.3 is 6.16 Å². The number of carbonyl (C=O) groups excluding carboxylic acids is 2.